The van der Waals surface area contributed by atoms with E-state index in [1.54, 1.807) is 24.9 Å². The fourth-order valence-corrected chi connectivity index (χ4v) is 2.62. The van der Waals surface area contributed by atoms with Crippen LogP contribution in [0.1, 0.15) is 18.5 Å². The van der Waals surface area contributed by atoms with Crippen LogP contribution in [0, 0.1) is 0 Å². The maximum absolute atomic E-state index is 4.62. The molecule has 3 aromatic heterocycles. The second-order valence-electron chi connectivity index (χ2n) is 5.49. The first-order valence-corrected chi connectivity index (χ1v) is 7.73. The number of rotatable bonds is 4. The van der Waals surface area contributed by atoms with Crippen LogP contribution >= 0.6 is 0 Å². The topological polar surface area (TPSA) is 68.5 Å². The first-order valence-electron chi connectivity index (χ1n) is 7.73. The van der Waals surface area contributed by atoms with Crippen molar-refractivity contribution in [1.82, 2.24) is 24.5 Å². The minimum Gasteiger partial charge on any atom is -0.348 e. The number of anilines is 1. The Morgan fingerprint density at radius 3 is 2.67 bits per heavy atom. The Morgan fingerprint density at radius 1 is 0.958 bits per heavy atom. The molecule has 0 fully saturated rings. The Hall–Kier alpha value is -3.28. The molecule has 0 aliphatic carbocycles. The molecule has 0 bridgehead atoms. The van der Waals surface area contributed by atoms with E-state index in [0.29, 0.717) is 5.95 Å². The maximum atomic E-state index is 4.62. The van der Waals surface area contributed by atoms with Crippen molar-refractivity contribution < 1.29 is 0 Å². The van der Waals surface area contributed by atoms with Gasteiger partial charge in [-0.05, 0) is 42.8 Å². The number of fused-ring (bicyclic) bond motifs is 1. The standard InChI is InChI=1S/C18H16N6/c1-13(14-6-9-19-10-7-14)22-18-20-11-8-17(23-18)24-12-21-15-4-2-3-5-16(15)24/h2-13H,1H3,(H,20,22,23)/t13-/m0/s1. The third-order valence-corrected chi connectivity index (χ3v) is 3.89. The lowest BCUT2D eigenvalue weighted by atomic mass is 10.1. The van der Waals surface area contributed by atoms with E-state index >= 15 is 0 Å². The molecule has 1 N–H and O–H groups in total. The molecular formula is C18H16N6. The molecule has 0 aliphatic heterocycles. The fraction of sp³-hybridized carbons (Fsp3) is 0.111. The van der Waals surface area contributed by atoms with Gasteiger partial charge in [0.15, 0.2) is 0 Å². The summed E-state index contributed by atoms with van der Waals surface area (Å²) in [7, 11) is 0. The summed E-state index contributed by atoms with van der Waals surface area (Å²) in [4.78, 5) is 17.4. The quantitative estimate of drug-likeness (QED) is 0.625. The van der Waals surface area contributed by atoms with E-state index in [1.165, 1.54) is 0 Å². The zero-order valence-corrected chi connectivity index (χ0v) is 13.2. The van der Waals surface area contributed by atoms with Crippen molar-refractivity contribution >= 4 is 17.0 Å². The van der Waals surface area contributed by atoms with E-state index in [2.05, 4.69) is 32.2 Å². The van der Waals surface area contributed by atoms with Crippen molar-refractivity contribution in [2.45, 2.75) is 13.0 Å². The Labute approximate surface area is 139 Å². The van der Waals surface area contributed by atoms with Crippen LogP contribution in [-0.4, -0.2) is 24.5 Å². The van der Waals surface area contributed by atoms with Gasteiger partial charge in [0.25, 0.3) is 0 Å². The zero-order chi connectivity index (χ0) is 16.4. The van der Waals surface area contributed by atoms with Crippen LogP contribution in [0.2, 0.25) is 0 Å². The minimum atomic E-state index is 0.0859. The second-order valence-corrected chi connectivity index (χ2v) is 5.49. The molecule has 1 aromatic carbocycles. The molecule has 3 heterocycles. The second kappa shape index (κ2) is 6.08. The molecule has 4 aromatic rings. The van der Waals surface area contributed by atoms with Gasteiger partial charge in [-0.25, -0.2) is 9.97 Å². The number of benzene rings is 1. The zero-order valence-electron chi connectivity index (χ0n) is 13.2. The molecule has 0 amide bonds. The summed E-state index contributed by atoms with van der Waals surface area (Å²) in [6.07, 6.45) is 7.09. The van der Waals surface area contributed by atoms with Crippen molar-refractivity contribution in [3.8, 4) is 5.82 Å². The van der Waals surface area contributed by atoms with Gasteiger partial charge in [-0.2, -0.15) is 4.98 Å². The van der Waals surface area contributed by atoms with Gasteiger partial charge in [-0.3, -0.25) is 9.55 Å². The number of imidazole rings is 1. The van der Waals surface area contributed by atoms with E-state index in [9.17, 15) is 0 Å². The highest BCUT2D eigenvalue weighted by Gasteiger charge is 2.09. The highest BCUT2D eigenvalue weighted by Crippen LogP contribution is 2.19. The maximum Gasteiger partial charge on any atom is 0.225 e. The summed E-state index contributed by atoms with van der Waals surface area (Å²) in [5.74, 6) is 1.36. The van der Waals surface area contributed by atoms with E-state index in [4.69, 9.17) is 0 Å². The molecule has 0 aliphatic rings. The highest BCUT2D eigenvalue weighted by molar-refractivity contribution is 5.76. The lowest BCUT2D eigenvalue weighted by molar-refractivity contribution is 0.851. The van der Waals surface area contributed by atoms with Crippen LogP contribution in [0.3, 0.4) is 0 Å². The lowest BCUT2D eigenvalue weighted by Gasteiger charge is -2.14. The summed E-state index contributed by atoms with van der Waals surface area (Å²) >= 11 is 0. The summed E-state index contributed by atoms with van der Waals surface area (Å²) in [5.41, 5.74) is 3.09. The minimum absolute atomic E-state index is 0.0859. The molecule has 0 unspecified atom stereocenters. The number of pyridine rings is 1. The largest absolute Gasteiger partial charge is 0.348 e. The first-order chi connectivity index (χ1) is 11.8. The average molecular weight is 316 g/mol. The SMILES string of the molecule is C[C@H](Nc1nccc(-n2cnc3ccccc32)n1)c1ccncc1. The molecule has 24 heavy (non-hydrogen) atoms. The van der Waals surface area contributed by atoms with Gasteiger partial charge in [0.1, 0.15) is 12.1 Å². The summed E-state index contributed by atoms with van der Waals surface area (Å²) < 4.78 is 1.96. The van der Waals surface area contributed by atoms with Gasteiger partial charge < -0.3 is 5.32 Å². The predicted octanol–water partition coefficient (Wildman–Crippen LogP) is 3.38. The number of nitrogens with zero attached hydrogens (tertiary/aromatic N) is 5. The molecule has 118 valence electrons. The molecule has 0 saturated heterocycles. The summed E-state index contributed by atoms with van der Waals surface area (Å²) in [6.45, 7) is 2.07. The van der Waals surface area contributed by atoms with Gasteiger partial charge in [0, 0.05) is 18.6 Å². The van der Waals surface area contributed by atoms with E-state index in [0.717, 1.165) is 22.4 Å². The third-order valence-electron chi connectivity index (χ3n) is 3.89. The number of hydrogen-bond acceptors (Lipinski definition) is 5. The molecular weight excluding hydrogens is 300 g/mol. The number of hydrogen-bond donors (Lipinski definition) is 1. The van der Waals surface area contributed by atoms with Crippen molar-refractivity contribution in [3.63, 3.8) is 0 Å². The average Bonchev–Trinajstić information content (AvgIpc) is 3.07. The van der Waals surface area contributed by atoms with Crippen molar-refractivity contribution in [1.29, 1.82) is 0 Å². The van der Waals surface area contributed by atoms with Crippen LogP contribution < -0.4 is 5.32 Å². The molecule has 6 nitrogen and oxygen atoms in total. The van der Waals surface area contributed by atoms with E-state index < -0.39 is 0 Å². The lowest BCUT2D eigenvalue weighted by Crippen LogP contribution is -2.10. The van der Waals surface area contributed by atoms with Crippen LogP contribution in [0.25, 0.3) is 16.9 Å². The summed E-state index contributed by atoms with van der Waals surface area (Å²) in [6, 6.07) is 13.9. The van der Waals surface area contributed by atoms with Crippen LogP contribution in [0.5, 0.6) is 0 Å². The van der Waals surface area contributed by atoms with Crippen molar-refractivity contribution in [3.05, 3.63) is 72.9 Å². The Balaban J connectivity index is 1.64. The van der Waals surface area contributed by atoms with Crippen LogP contribution in [-0.2, 0) is 0 Å². The molecule has 1 atom stereocenters. The third kappa shape index (κ3) is 2.69. The van der Waals surface area contributed by atoms with Crippen LogP contribution in [0.15, 0.2) is 67.4 Å². The first kappa shape index (κ1) is 14.3. The number of aromatic nitrogens is 5. The van der Waals surface area contributed by atoms with Gasteiger partial charge in [0.2, 0.25) is 5.95 Å². The van der Waals surface area contributed by atoms with Gasteiger partial charge in [-0.15, -0.1) is 0 Å². The molecule has 0 saturated carbocycles. The number of nitrogens with one attached hydrogen (secondary N) is 1. The predicted molar refractivity (Wildman–Crippen MR) is 92.9 cm³/mol. The van der Waals surface area contributed by atoms with E-state index in [1.807, 2.05) is 47.0 Å². The van der Waals surface area contributed by atoms with E-state index in [-0.39, 0.29) is 6.04 Å². The normalized spacial score (nSPS) is 12.2. The van der Waals surface area contributed by atoms with Crippen molar-refractivity contribution in [2.24, 2.45) is 0 Å². The van der Waals surface area contributed by atoms with Gasteiger partial charge in [0.05, 0.1) is 17.1 Å². The monoisotopic (exact) mass is 316 g/mol. The Bertz CT molecular complexity index is 963. The van der Waals surface area contributed by atoms with Gasteiger partial charge >= 0.3 is 0 Å². The van der Waals surface area contributed by atoms with Crippen molar-refractivity contribution in [2.75, 3.05) is 5.32 Å². The number of para-hydroxylation sites is 2. The van der Waals surface area contributed by atoms with Crippen LogP contribution in [0.4, 0.5) is 5.95 Å². The molecule has 4 rings (SSSR count). The molecule has 0 spiro atoms. The highest BCUT2D eigenvalue weighted by atomic mass is 15.2. The fourth-order valence-electron chi connectivity index (χ4n) is 2.62. The Morgan fingerprint density at radius 2 is 1.79 bits per heavy atom. The summed E-state index contributed by atoms with van der Waals surface area (Å²) in [5, 5.41) is 3.32. The Kier molecular flexibility index (Phi) is 3.63. The molecule has 6 heteroatoms. The smallest absolute Gasteiger partial charge is 0.225 e. The van der Waals surface area contributed by atoms with Gasteiger partial charge in [-0.1, -0.05) is 12.1 Å². The molecule has 0 radical (unpaired) electrons.